The number of likely N-dealkylation sites (tertiary alicyclic amines) is 1. The van der Waals surface area contributed by atoms with E-state index in [-0.39, 0.29) is 6.04 Å². The second kappa shape index (κ2) is 8.80. The smallest absolute Gasteiger partial charge is 0.240 e. The van der Waals surface area contributed by atoms with Crippen molar-refractivity contribution >= 4 is 10.0 Å². The molecular formula is C21H28N2O2S. The molecule has 2 aromatic rings. The molecule has 0 amide bonds. The van der Waals surface area contributed by atoms with Gasteiger partial charge in [0.05, 0.1) is 4.90 Å². The summed E-state index contributed by atoms with van der Waals surface area (Å²) in [5, 5.41) is 0. The van der Waals surface area contributed by atoms with Crippen molar-refractivity contribution < 1.29 is 8.42 Å². The highest BCUT2D eigenvalue weighted by Gasteiger charge is 2.24. The number of benzene rings is 2. The minimum atomic E-state index is -3.44. The topological polar surface area (TPSA) is 49.4 Å². The summed E-state index contributed by atoms with van der Waals surface area (Å²) in [5.41, 5.74) is 2.49. The Morgan fingerprint density at radius 2 is 1.62 bits per heavy atom. The van der Waals surface area contributed by atoms with E-state index >= 15 is 0 Å². The van der Waals surface area contributed by atoms with E-state index in [2.05, 4.69) is 40.8 Å². The molecule has 1 aliphatic heterocycles. The van der Waals surface area contributed by atoms with Gasteiger partial charge in [0, 0.05) is 25.7 Å². The maximum Gasteiger partial charge on any atom is 0.240 e. The van der Waals surface area contributed by atoms with Gasteiger partial charge in [-0.15, -0.1) is 0 Å². The van der Waals surface area contributed by atoms with Crippen LogP contribution in [0.15, 0.2) is 59.5 Å². The third-order valence-corrected chi connectivity index (χ3v) is 6.47. The van der Waals surface area contributed by atoms with E-state index in [1.165, 1.54) is 11.1 Å². The Hall–Kier alpha value is -1.69. The molecule has 5 heteroatoms. The largest absolute Gasteiger partial charge is 0.299 e. The normalized spacial score (nSPS) is 16.7. The Morgan fingerprint density at radius 1 is 0.962 bits per heavy atom. The molecule has 3 rings (SSSR count). The van der Waals surface area contributed by atoms with Gasteiger partial charge < -0.3 is 0 Å². The third kappa shape index (κ3) is 5.16. The summed E-state index contributed by atoms with van der Waals surface area (Å²) in [7, 11) is -3.44. The predicted molar refractivity (Wildman–Crippen MR) is 105 cm³/mol. The molecule has 0 aliphatic carbocycles. The Bertz CT molecular complexity index is 781. The van der Waals surface area contributed by atoms with E-state index in [0.717, 1.165) is 45.3 Å². The van der Waals surface area contributed by atoms with E-state index in [4.69, 9.17) is 0 Å². The maximum atomic E-state index is 12.6. The molecule has 4 nitrogen and oxygen atoms in total. The molecule has 140 valence electrons. The molecule has 2 aromatic carbocycles. The lowest BCUT2D eigenvalue weighted by Gasteiger charge is -2.32. The second-order valence-electron chi connectivity index (χ2n) is 7.05. The highest BCUT2D eigenvalue weighted by molar-refractivity contribution is 7.89. The van der Waals surface area contributed by atoms with Crippen LogP contribution in [-0.4, -0.2) is 32.4 Å². The molecule has 0 aromatic heterocycles. The van der Waals surface area contributed by atoms with Crippen LogP contribution in [0.2, 0.25) is 0 Å². The van der Waals surface area contributed by atoms with Gasteiger partial charge in [-0.25, -0.2) is 13.1 Å². The fraction of sp³-hybridized carbons (Fsp3) is 0.429. The molecule has 1 fully saturated rings. The maximum absolute atomic E-state index is 12.6. The molecule has 1 saturated heterocycles. The fourth-order valence-electron chi connectivity index (χ4n) is 3.46. The first kappa shape index (κ1) is 19.1. The zero-order chi connectivity index (χ0) is 18.4. The average Bonchev–Trinajstić information content (AvgIpc) is 2.65. The van der Waals surface area contributed by atoms with Crippen molar-refractivity contribution in [2.45, 2.75) is 50.1 Å². The number of piperidine rings is 1. The van der Waals surface area contributed by atoms with E-state index in [0.29, 0.717) is 4.90 Å². The number of hydrogen-bond donors (Lipinski definition) is 1. The van der Waals surface area contributed by atoms with E-state index in [9.17, 15) is 8.42 Å². The highest BCUT2D eigenvalue weighted by Crippen LogP contribution is 2.17. The number of hydrogen-bond acceptors (Lipinski definition) is 3. The molecule has 0 saturated carbocycles. The van der Waals surface area contributed by atoms with Gasteiger partial charge in [-0.2, -0.15) is 0 Å². The molecule has 0 radical (unpaired) electrons. The molecular weight excluding hydrogens is 344 g/mol. The zero-order valence-corrected chi connectivity index (χ0v) is 16.2. The van der Waals surface area contributed by atoms with Gasteiger partial charge in [0.2, 0.25) is 10.0 Å². The number of nitrogens with one attached hydrogen (secondary N) is 1. The fourth-order valence-corrected chi connectivity index (χ4v) is 4.77. The molecule has 0 bridgehead atoms. The summed E-state index contributed by atoms with van der Waals surface area (Å²) in [6.45, 7) is 4.88. The molecule has 0 spiro atoms. The van der Waals surface area contributed by atoms with Gasteiger partial charge in [-0.1, -0.05) is 55.8 Å². The number of aryl methyl sites for hydroxylation is 1. The Kier molecular flexibility index (Phi) is 6.46. The molecule has 0 unspecified atom stereocenters. The molecule has 26 heavy (non-hydrogen) atoms. The van der Waals surface area contributed by atoms with Gasteiger partial charge in [0.15, 0.2) is 0 Å². The van der Waals surface area contributed by atoms with Crippen LogP contribution in [0, 0.1) is 0 Å². The average molecular weight is 373 g/mol. The summed E-state index contributed by atoms with van der Waals surface area (Å²) in [6, 6.07) is 17.7. The number of rotatable bonds is 7. The lowest BCUT2D eigenvalue weighted by molar-refractivity contribution is 0.200. The van der Waals surface area contributed by atoms with Gasteiger partial charge in [0.25, 0.3) is 0 Å². The summed E-state index contributed by atoms with van der Waals surface area (Å²) in [6.07, 6.45) is 3.74. The lowest BCUT2D eigenvalue weighted by Crippen LogP contribution is -2.44. The van der Waals surface area contributed by atoms with Crippen molar-refractivity contribution in [3.05, 3.63) is 65.7 Å². The van der Waals surface area contributed by atoms with Crippen molar-refractivity contribution in [3.63, 3.8) is 0 Å². The number of sulfonamides is 1. The van der Waals surface area contributed by atoms with Gasteiger partial charge >= 0.3 is 0 Å². The summed E-state index contributed by atoms with van der Waals surface area (Å²) < 4.78 is 28.1. The highest BCUT2D eigenvalue weighted by atomic mass is 32.2. The first-order chi connectivity index (χ1) is 12.6. The molecule has 1 aliphatic rings. The van der Waals surface area contributed by atoms with Crippen LogP contribution in [0.3, 0.4) is 0 Å². The molecule has 0 atom stereocenters. The standard InChI is InChI=1S/C21H28N2O2S/c1-2-6-18-9-11-21(12-10-18)26(24,25)22-20-13-15-23(16-14-20)17-19-7-4-3-5-8-19/h3-5,7-12,20,22H,2,6,13-17H2,1H3. The number of nitrogens with zero attached hydrogens (tertiary/aromatic N) is 1. The SMILES string of the molecule is CCCc1ccc(S(=O)(=O)NC2CCN(Cc3ccccc3)CC2)cc1. The van der Waals surface area contributed by atoms with Crippen molar-refractivity contribution in [2.24, 2.45) is 0 Å². The Morgan fingerprint density at radius 3 is 2.23 bits per heavy atom. The van der Waals surface area contributed by atoms with Crippen LogP contribution >= 0.6 is 0 Å². The van der Waals surface area contributed by atoms with E-state index in [1.54, 1.807) is 12.1 Å². The minimum absolute atomic E-state index is 0.0161. The van der Waals surface area contributed by atoms with E-state index in [1.807, 2.05) is 18.2 Å². The van der Waals surface area contributed by atoms with Gasteiger partial charge in [-0.05, 0) is 42.5 Å². The minimum Gasteiger partial charge on any atom is -0.299 e. The predicted octanol–water partition coefficient (Wildman–Crippen LogP) is 3.58. The van der Waals surface area contributed by atoms with Crippen LogP contribution in [0.4, 0.5) is 0 Å². The summed E-state index contributed by atoms with van der Waals surface area (Å²) in [5.74, 6) is 0. The first-order valence-electron chi connectivity index (χ1n) is 9.44. The van der Waals surface area contributed by atoms with Crippen LogP contribution in [0.5, 0.6) is 0 Å². The first-order valence-corrected chi connectivity index (χ1v) is 10.9. The Balaban J connectivity index is 1.53. The summed E-state index contributed by atoms with van der Waals surface area (Å²) >= 11 is 0. The Labute approximate surface area is 157 Å². The molecule has 1 N–H and O–H groups in total. The lowest BCUT2D eigenvalue weighted by atomic mass is 10.1. The van der Waals surface area contributed by atoms with Crippen LogP contribution in [-0.2, 0) is 23.0 Å². The van der Waals surface area contributed by atoms with Crippen LogP contribution < -0.4 is 4.72 Å². The van der Waals surface area contributed by atoms with Crippen molar-refractivity contribution in [1.82, 2.24) is 9.62 Å². The third-order valence-electron chi connectivity index (χ3n) is 4.93. The van der Waals surface area contributed by atoms with Crippen molar-refractivity contribution in [2.75, 3.05) is 13.1 Å². The zero-order valence-electron chi connectivity index (χ0n) is 15.4. The van der Waals surface area contributed by atoms with Gasteiger partial charge in [-0.3, -0.25) is 4.90 Å². The molecule has 1 heterocycles. The van der Waals surface area contributed by atoms with Crippen molar-refractivity contribution in [1.29, 1.82) is 0 Å². The van der Waals surface area contributed by atoms with E-state index < -0.39 is 10.0 Å². The van der Waals surface area contributed by atoms with Crippen LogP contribution in [0.25, 0.3) is 0 Å². The summed E-state index contributed by atoms with van der Waals surface area (Å²) in [4.78, 5) is 2.75. The quantitative estimate of drug-likeness (QED) is 0.808. The van der Waals surface area contributed by atoms with Crippen LogP contribution in [0.1, 0.15) is 37.3 Å². The second-order valence-corrected chi connectivity index (χ2v) is 8.77. The monoisotopic (exact) mass is 372 g/mol. The van der Waals surface area contributed by atoms with Gasteiger partial charge in [0.1, 0.15) is 0 Å². The van der Waals surface area contributed by atoms with Crippen molar-refractivity contribution in [3.8, 4) is 0 Å².